The molecule has 0 aromatic carbocycles. The number of nitrogens with two attached hydrogens (primary N) is 1. The predicted octanol–water partition coefficient (Wildman–Crippen LogP) is 1.99. The largest absolute Gasteiger partial charge is 0.384 e. The third kappa shape index (κ3) is 4.77. The standard InChI is InChI=1S/C25H30N8O3/c1-5-19(17-7-6-15(2)29-14-17)30-25(36)33-21(23(35)32(4)24-28-10-11-31(24)3)18(22(33)34)12-16-8-9-27-20(26)13-16/h6-11,13-14,18-19,21H,5,12H2,1-4H3,(H2,26,27)(H,30,36)/t18-,19?,21+/m1/s1. The number of nitrogens with one attached hydrogen (secondary N) is 1. The molecule has 0 bridgehead atoms. The van der Waals surface area contributed by atoms with E-state index in [1.165, 1.54) is 4.90 Å². The fourth-order valence-corrected chi connectivity index (χ4v) is 4.43. The summed E-state index contributed by atoms with van der Waals surface area (Å²) in [5.41, 5.74) is 8.24. The van der Waals surface area contributed by atoms with Gasteiger partial charge in [-0.05, 0) is 49.1 Å². The molecule has 11 nitrogen and oxygen atoms in total. The van der Waals surface area contributed by atoms with Gasteiger partial charge in [-0.25, -0.2) is 14.8 Å². The van der Waals surface area contributed by atoms with Gasteiger partial charge in [0, 0.05) is 44.6 Å². The zero-order chi connectivity index (χ0) is 26.0. The van der Waals surface area contributed by atoms with Gasteiger partial charge in [-0.3, -0.25) is 24.4 Å². The summed E-state index contributed by atoms with van der Waals surface area (Å²) in [4.78, 5) is 55.1. The number of aryl methyl sites for hydroxylation is 2. The van der Waals surface area contributed by atoms with Crippen LogP contribution in [0.3, 0.4) is 0 Å². The van der Waals surface area contributed by atoms with Gasteiger partial charge in [0.25, 0.3) is 5.91 Å². The highest BCUT2D eigenvalue weighted by Crippen LogP contribution is 2.33. The number of rotatable bonds is 7. The Kier molecular flexibility index (Phi) is 7.00. The summed E-state index contributed by atoms with van der Waals surface area (Å²) < 4.78 is 1.69. The average Bonchev–Trinajstić information content (AvgIpc) is 3.29. The Morgan fingerprint density at radius 2 is 1.97 bits per heavy atom. The number of hydrogen-bond acceptors (Lipinski definition) is 7. The van der Waals surface area contributed by atoms with E-state index in [-0.39, 0.29) is 12.5 Å². The molecule has 3 aromatic heterocycles. The number of nitrogens with zero attached hydrogens (tertiary/aromatic N) is 6. The highest BCUT2D eigenvalue weighted by molar-refractivity contribution is 6.12. The molecular weight excluding hydrogens is 460 g/mol. The van der Waals surface area contributed by atoms with Crippen LogP contribution in [-0.4, -0.2) is 55.4 Å². The quantitative estimate of drug-likeness (QED) is 0.483. The molecule has 0 aliphatic carbocycles. The summed E-state index contributed by atoms with van der Waals surface area (Å²) >= 11 is 0. The van der Waals surface area contributed by atoms with Gasteiger partial charge in [-0.15, -0.1) is 0 Å². The average molecular weight is 491 g/mol. The minimum Gasteiger partial charge on any atom is -0.384 e. The van der Waals surface area contributed by atoms with Crippen molar-refractivity contribution >= 4 is 29.6 Å². The number of urea groups is 1. The van der Waals surface area contributed by atoms with Crippen molar-refractivity contribution in [2.24, 2.45) is 13.0 Å². The summed E-state index contributed by atoms with van der Waals surface area (Å²) in [6.45, 7) is 3.81. The van der Waals surface area contributed by atoms with E-state index in [9.17, 15) is 14.4 Å². The van der Waals surface area contributed by atoms with E-state index in [0.29, 0.717) is 18.2 Å². The molecule has 1 aliphatic rings. The number of carbonyl (C=O) groups is 3. The number of imide groups is 1. The van der Waals surface area contributed by atoms with Crippen LogP contribution < -0.4 is 16.0 Å². The second-order valence-corrected chi connectivity index (χ2v) is 8.93. The lowest BCUT2D eigenvalue weighted by atomic mass is 9.81. The van der Waals surface area contributed by atoms with E-state index < -0.39 is 29.8 Å². The highest BCUT2D eigenvalue weighted by Gasteiger charge is 2.55. The van der Waals surface area contributed by atoms with Crippen molar-refractivity contribution in [1.82, 2.24) is 29.7 Å². The van der Waals surface area contributed by atoms with E-state index >= 15 is 0 Å². The van der Waals surface area contributed by atoms with E-state index in [1.807, 2.05) is 26.0 Å². The number of nitrogen functional groups attached to an aromatic ring is 1. The first-order valence-electron chi connectivity index (χ1n) is 11.7. The molecule has 1 aliphatic heterocycles. The van der Waals surface area contributed by atoms with Crippen LogP contribution in [0.1, 0.15) is 36.2 Å². The molecule has 36 heavy (non-hydrogen) atoms. The van der Waals surface area contributed by atoms with Crippen molar-refractivity contribution in [2.75, 3.05) is 17.7 Å². The van der Waals surface area contributed by atoms with Crippen LogP contribution in [0.5, 0.6) is 0 Å². The zero-order valence-corrected chi connectivity index (χ0v) is 20.8. The Morgan fingerprint density at radius 3 is 2.58 bits per heavy atom. The molecule has 1 unspecified atom stereocenters. The van der Waals surface area contributed by atoms with E-state index in [4.69, 9.17) is 5.73 Å². The Morgan fingerprint density at radius 1 is 1.19 bits per heavy atom. The van der Waals surface area contributed by atoms with Crippen LogP contribution in [0, 0.1) is 12.8 Å². The Balaban J connectivity index is 1.60. The third-order valence-corrected chi connectivity index (χ3v) is 6.46. The smallest absolute Gasteiger partial charge is 0.325 e. The van der Waals surface area contributed by atoms with Crippen LogP contribution in [0.15, 0.2) is 49.1 Å². The van der Waals surface area contributed by atoms with Crippen LogP contribution in [0.2, 0.25) is 0 Å². The Hall–Kier alpha value is -4.28. The minimum absolute atomic E-state index is 0.249. The molecule has 3 atom stereocenters. The van der Waals surface area contributed by atoms with Gasteiger partial charge in [0.1, 0.15) is 11.9 Å². The van der Waals surface area contributed by atoms with E-state index in [1.54, 1.807) is 55.6 Å². The molecule has 1 fully saturated rings. The number of pyridine rings is 2. The van der Waals surface area contributed by atoms with Gasteiger partial charge < -0.3 is 15.6 Å². The molecule has 3 aromatic rings. The van der Waals surface area contributed by atoms with Gasteiger partial charge in [0.2, 0.25) is 11.9 Å². The predicted molar refractivity (Wildman–Crippen MR) is 134 cm³/mol. The first kappa shape index (κ1) is 24.8. The van der Waals surface area contributed by atoms with E-state index in [0.717, 1.165) is 21.7 Å². The molecule has 4 heterocycles. The number of amides is 4. The second-order valence-electron chi connectivity index (χ2n) is 8.93. The lowest BCUT2D eigenvalue weighted by Gasteiger charge is -2.45. The fourth-order valence-electron chi connectivity index (χ4n) is 4.43. The first-order valence-corrected chi connectivity index (χ1v) is 11.7. The van der Waals surface area contributed by atoms with Gasteiger partial charge in [0.05, 0.1) is 12.0 Å². The first-order chi connectivity index (χ1) is 17.2. The van der Waals surface area contributed by atoms with Crippen molar-refractivity contribution in [3.63, 3.8) is 0 Å². The van der Waals surface area contributed by atoms with Gasteiger partial charge >= 0.3 is 6.03 Å². The lowest BCUT2D eigenvalue weighted by Crippen LogP contribution is -2.70. The van der Waals surface area contributed by atoms with E-state index in [2.05, 4.69) is 20.3 Å². The molecule has 4 amide bonds. The summed E-state index contributed by atoms with van der Waals surface area (Å²) in [7, 11) is 3.35. The number of aromatic nitrogens is 4. The van der Waals surface area contributed by atoms with Crippen molar-refractivity contribution in [1.29, 1.82) is 0 Å². The van der Waals surface area contributed by atoms with Crippen molar-refractivity contribution in [3.05, 3.63) is 65.9 Å². The van der Waals surface area contributed by atoms with Crippen LogP contribution in [0.25, 0.3) is 0 Å². The normalized spacial score (nSPS) is 17.9. The number of anilines is 2. The second kappa shape index (κ2) is 10.1. The number of likely N-dealkylation sites (N-methyl/N-ethyl adjacent to an activating group) is 1. The van der Waals surface area contributed by atoms with Gasteiger partial charge in [-0.1, -0.05) is 13.0 Å². The molecule has 11 heteroatoms. The summed E-state index contributed by atoms with van der Waals surface area (Å²) in [6.07, 6.45) is 7.39. The fraction of sp³-hybridized carbons (Fsp3) is 0.360. The molecule has 188 valence electrons. The van der Waals surface area contributed by atoms with Crippen molar-refractivity contribution in [2.45, 2.75) is 38.8 Å². The molecule has 0 saturated carbocycles. The maximum Gasteiger partial charge on any atom is 0.325 e. The highest BCUT2D eigenvalue weighted by atomic mass is 16.2. The molecule has 3 N–H and O–H groups in total. The number of imidazole rings is 1. The van der Waals surface area contributed by atoms with Crippen LogP contribution in [0.4, 0.5) is 16.6 Å². The minimum atomic E-state index is -0.998. The number of likely N-dealkylation sites (tertiary alicyclic amines) is 1. The maximum atomic E-state index is 13.6. The van der Waals surface area contributed by atoms with Crippen LogP contribution in [-0.2, 0) is 23.1 Å². The molecule has 1 saturated heterocycles. The lowest BCUT2D eigenvalue weighted by molar-refractivity contribution is -0.156. The molecule has 4 rings (SSSR count). The topological polar surface area (TPSA) is 139 Å². The summed E-state index contributed by atoms with van der Waals surface area (Å²) in [5, 5.41) is 2.90. The Labute approximate surface area is 209 Å². The van der Waals surface area contributed by atoms with Crippen molar-refractivity contribution in [3.8, 4) is 0 Å². The number of hydrogen-bond donors (Lipinski definition) is 2. The van der Waals surface area contributed by atoms with Gasteiger partial charge in [0.15, 0.2) is 0 Å². The summed E-state index contributed by atoms with van der Waals surface area (Å²) in [6, 6.07) is 5.19. The SMILES string of the molecule is CCC(NC(=O)N1C(=O)[C@H](Cc2ccnc(N)c2)[C@H]1C(=O)N(C)c1nccn1C)c1ccc(C)nc1. The number of carbonyl (C=O) groups excluding carboxylic acids is 3. The summed E-state index contributed by atoms with van der Waals surface area (Å²) in [5.74, 6) is -0.834. The van der Waals surface area contributed by atoms with Crippen LogP contribution >= 0.6 is 0 Å². The Bertz CT molecular complexity index is 1270. The molecule has 0 radical (unpaired) electrons. The van der Waals surface area contributed by atoms with Gasteiger partial charge in [-0.2, -0.15) is 0 Å². The third-order valence-electron chi connectivity index (χ3n) is 6.46. The molecule has 0 spiro atoms. The maximum absolute atomic E-state index is 13.6. The number of β-lactam (4-membered cyclic amide) rings is 1. The molecular formula is C25H30N8O3. The monoisotopic (exact) mass is 490 g/mol. The zero-order valence-electron chi connectivity index (χ0n) is 20.8. The van der Waals surface area contributed by atoms with Crippen molar-refractivity contribution < 1.29 is 14.4 Å².